The van der Waals surface area contributed by atoms with E-state index >= 15 is 0 Å². The van der Waals surface area contributed by atoms with Gasteiger partial charge < -0.3 is 23.4 Å². The van der Waals surface area contributed by atoms with Crippen LogP contribution in [0.4, 0.5) is 0 Å². The molecule has 0 radical (unpaired) electrons. The van der Waals surface area contributed by atoms with Crippen molar-refractivity contribution in [2.75, 3.05) is 21.3 Å². The number of rotatable bonds is 6. The molecule has 0 spiro atoms. The van der Waals surface area contributed by atoms with Gasteiger partial charge in [0, 0.05) is 17.5 Å². The molecule has 0 saturated carbocycles. The molecule has 6 nitrogen and oxygen atoms in total. The molecule has 0 saturated heterocycles. The van der Waals surface area contributed by atoms with Crippen LogP contribution >= 0.6 is 0 Å². The zero-order valence-electron chi connectivity index (χ0n) is 15.1. The van der Waals surface area contributed by atoms with Crippen LogP contribution in [0.1, 0.15) is 11.1 Å². The van der Waals surface area contributed by atoms with Crippen LogP contribution in [0.5, 0.6) is 23.0 Å². The summed E-state index contributed by atoms with van der Waals surface area (Å²) in [5, 5.41) is 0.879. The quantitative estimate of drug-likeness (QED) is 0.627. The van der Waals surface area contributed by atoms with E-state index in [1.54, 1.807) is 27.4 Å². The summed E-state index contributed by atoms with van der Waals surface area (Å²) in [6.07, 6.45) is 0. The topological polar surface area (TPSA) is 67.1 Å². The minimum atomic E-state index is -0.378. The van der Waals surface area contributed by atoms with Crippen molar-refractivity contribution < 1.29 is 23.4 Å². The SMILES string of the molecule is COc1cc(COc2ccc3c(C)cc(=O)oc3c2)cc(OC)c1OC. The third-order valence-corrected chi connectivity index (χ3v) is 4.05. The van der Waals surface area contributed by atoms with Gasteiger partial charge in [-0.25, -0.2) is 4.79 Å². The van der Waals surface area contributed by atoms with Crippen molar-refractivity contribution in [3.05, 3.63) is 57.9 Å². The first kappa shape index (κ1) is 17.7. The molecule has 0 aliphatic carbocycles. The lowest BCUT2D eigenvalue weighted by atomic mass is 10.1. The maximum Gasteiger partial charge on any atom is 0.336 e. The first-order chi connectivity index (χ1) is 12.5. The second-order valence-corrected chi connectivity index (χ2v) is 5.73. The van der Waals surface area contributed by atoms with E-state index in [1.165, 1.54) is 6.07 Å². The largest absolute Gasteiger partial charge is 0.493 e. The van der Waals surface area contributed by atoms with Crippen LogP contribution in [-0.4, -0.2) is 21.3 Å². The monoisotopic (exact) mass is 356 g/mol. The van der Waals surface area contributed by atoms with Crippen LogP contribution in [0.2, 0.25) is 0 Å². The number of aryl methyl sites for hydroxylation is 1. The lowest BCUT2D eigenvalue weighted by Gasteiger charge is -2.14. The first-order valence-electron chi connectivity index (χ1n) is 8.02. The molecule has 136 valence electrons. The highest BCUT2D eigenvalue weighted by molar-refractivity contribution is 5.81. The minimum absolute atomic E-state index is 0.290. The van der Waals surface area contributed by atoms with E-state index in [2.05, 4.69) is 0 Å². The Kier molecular flexibility index (Phi) is 5.02. The summed E-state index contributed by atoms with van der Waals surface area (Å²) in [7, 11) is 4.69. The van der Waals surface area contributed by atoms with Crippen molar-refractivity contribution in [2.24, 2.45) is 0 Å². The van der Waals surface area contributed by atoms with Crippen LogP contribution in [0.3, 0.4) is 0 Å². The van der Waals surface area contributed by atoms with Crippen molar-refractivity contribution in [3.63, 3.8) is 0 Å². The molecule has 0 fully saturated rings. The molecule has 0 aliphatic heterocycles. The highest BCUT2D eigenvalue weighted by Crippen LogP contribution is 2.38. The number of fused-ring (bicyclic) bond motifs is 1. The molecule has 1 aromatic heterocycles. The van der Waals surface area contributed by atoms with Crippen LogP contribution < -0.4 is 24.6 Å². The molecule has 0 N–H and O–H groups in total. The van der Waals surface area contributed by atoms with Crippen LogP contribution in [0, 0.1) is 6.92 Å². The Labute approximate surface area is 150 Å². The van der Waals surface area contributed by atoms with Gasteiger partial charge in [-0.1, -0.05) is 0 Å². The summed E-state index contributed by atoms with van der Waals surface area (Å²) in [6.45, 7) is 2.16. The molecule has 0 atom stereocenters. The zero-order valence-corrected chi connectivity index (χ0v) is 15.1. The molecule has 3 aromatic rings. The Morgan fingerprint density at radius 1 is 0.923 bits per heavy atom. The van der Waals surface area contributed by atoms with Gasteiger partial charge in [0.05, 0.1) is 21.3 Å². The highest BCUT2D eigenvalue weighted by atomic mass is 16.5. The normalized spacial score (nSPS) is 10.6. The van der Waals surface area contributed by atoms with Gasteiger partial charge in [0.2, 0.25) is 5.75 Å². The first-order valence-corrected chi connectivity index (χ1v) is 8.02. The van der Waals surface area contributed by atoms with Crippen molar-refractivity contribution >= 4 is 11.0 Å². The highest BCUT2D eigenvalue weighted by Gasteiger charge is 2.13. The van der Waals surface area contributed by atoms with E-state index in [0.29, 0.717) is 28.6 Å². The van der Waals surface area contributed by atoms with Crippen molar-refractivity contribution in [2.45, 2.75) is 13.5 Å². The predicted octanol–water partition coefficient (Wildman–Crippen LogP) is 3.71. The molecule has 0 bridgehead atoms. The molecule has 1 heterocycles. The molecule has 6 heteroatoms. The molecule has 0 amide bonds. The van der Waals surface area contributed by atoms with Gasteiger partial charge >= 0.3 is 5.63 Å². The fraction of sp³-hybridized carbons (Fsp3) is 0.250. The second-order valence-electron chi connectivity index (χ2n) is 5.73. The summed E-state index contributed by atoms with van der Waals surface area (Å²) in [4.78, 5) is 11.5. The Hall–Kier alpha value is -3.15. The van der Waals surface area contributed by atoms with Crippen molar-refractivity contribution in [1.82, 2.24) is 0 Å². The summed E-state index contributed by atoms with van der Waals surface area (Å²) in [6, 6.07) is 10.5. The van der Waals surface area contributed by atoms with E-state index in [0.717, 1.165) is 16.5 Å². The average Bonchev–Trinajstić information content (AvgIpc) is 2.64. The van der Waals surface area contributed by atoms with Gasteiger partial charge in [-0.3, -0.25) is 0 Å². The van der Waals surface area contributed by atoms with E-state index < -0.39 is 0 Å². The lowest BCUT2D eigenvalue weighted by Crippen LogP contribution is -2.01. The van der Waals surface area contributed by atoms with Crippen molar-refractivity contribution in [3.8, 4) is 23.0 Å². The summed E-state index contributed by atoms with van der Waals surface area (Å²) in [5.74, 6) is 2.25. The maximum absolute atomic E-state index is 11.5. The van der Waals surface area contributed by atoms with Gasteiger partial charge in [0.25, 0.3) is 0 Å². The number of benzene rings is 2. The smallest absolute Gasteiger partial charge is 0.336 e. The summed E-state index contributed by atoms with van der Waals surface area (Å²) < 4.78 is 27.1. The van der Waals surface area contributed by atoms with Gasteiger partial charge in [-0.15, -0.1) is 0 Å². The molecular weight excluding hydrogens is 336 g/mol. The van der Waals surface area contributed by atoms with Gasteiger partial charge in [-0.2, -0.15) is 0 Å². The molecule has 0 unspecified atom stereocenters. The fourth-order valence-electron chi connectivity index (χ4n) is 2.78. The second kappa shape index (κ2) is 7.39. The van der Waals surface area contributed by atoms with Crippen LogP contribution in [0.15, 0.2) is 45.6 Å². The molecule has 3 rings (SSSR count). The Morgan fingerprint density at radius 3 is 2.23 bits per heavy atom. The van der Waals surface area contributed by atoms with E-state index in [-0.39, 0.29) is 12.2 Å². The molecule has 2 aromatic carbocycles. The standard InChI is InChI=1S/C20H20O6/c1-12-7-19(21)26-16-10-14(5-6-15(12)16)25-11-13-8-17(22-2)20(24-4)18(9-13)23-3/h5-10H,11H2,1-4H3. The third-order valence-electron chi connectivity index (χ3n) is 4.05. The zero-order chi connectivity index (χ0) is 18.7. The number of methoxy groups -OCH3 is 3. The molecular formula is C20H20O6. The molecule has 0 aliphatic rings. The van der Waals surface area contributed by atoms with E-state index in [1.807, 2.05) is 31.2 Å². The number of hydrogen-bond acceptors (Lipinski definition) is 6. The van der Waals surface area contributed by atoms with Gasteiger partial charge in [0.1, 0.15) is 17.9 Å². The number of hydrogen-bond donors (Lipinski definition) is 0. The average molecular weight is 356 g/mol. The fourth-order valence-corrected chi connectivity index (χ4v) is 2.78. The lowest BCUT2D eigenvalue weighted by molar-refractivity contribution is 0.298. The van der Waals surface area contributed by atoms with Crippen LogP contribution in [0.25, 0.3) is 11.0 Å². The Bertz CT molecular complexity index is 964. The predicted molar refractivity (Wildman–Crippen MR) is 97.7 cm³/mol. The van der Waals surface area contributed by atoms with Crippen molar-refractivity contribution in [1.29, 1.82) is 0 Å². The van der Waals surface area contributed by atoms with E-state index in [9.17, 15) is 4.79 Å². The minimum Gasteiger partial charge on any atom is -0.493 e. The van der Waals surface area contributed by atoms with Crippen LogP contribution in [-0.2, 0) is 6.61 Å². The summed E-state index contributed by atoms with van der Waals surface area (Å²) in [5.41, 5.74) is 1.84. The Balaban J connectivity index is 1.87. The maximum atomic E-state index is 11.5. The summed E-state index contributed by atoms with van der Waals surface area (Å²) >= 11 is 0. The third kappa shape index (κ3) is 3.44. The van der Waals surface area contributed by atoms with E-state index in [4.69, 9.17) is 23.4 Å². The van der Waals surface area contributed by atoms with Gasteiger partial charge in [-0.05, 0) is 42.3 Å². The number of ether oxygens (including phenoxy) is 4. The Morgan fingerprint density at radius 2 is 1.62 bits per heavy atom. The van der Waals surface area contributed by atoms with Gasteiger partial charge in [0.15, 0.2) is 11.5 Å². The molecule has 26 heavy (non-hydrogen) atoms.